The topological polar surface area (TPSA) is 16.4 Å². The molecule has 0 saturated carbocycles. The Balaban J connectivity index is 1.03. The summed E-state index contributed by atoms with van der Waals surface area (Å²) in [5.41, 5.74) is 9.94. The maximum Gasteiger partial charge on any atom is 0.143 e. The molecule has 2 nitrogen and oxygen atoms in total. The number of hydrogen-bond acceptors (Lipinski definition) is 3. The monoisotopic (exact) mass is 693 g/mol. The highest BCUT2D eigenvalue weighted by atomic mass is 32.1. The van der Waals surface area contributed by atoms with Gasteiger partial charge in [0.1, 0.15) is 11.2 Å². The average Bonchev–Trinajstić information content (AvgIpc) is 3.81. The van der Waals surface area contributed by atoms with Crippen LogP contribution in [-0.2, 0) is 0 Å². The predicted molar refractivity (Wildman–Crippen MR) is 227 cm³/mol. The van der Waals surface area contributed by atoms with Crippen molar-refractivity contribution in [3.63, 3.8) is 0 Å². The van der Waals surface area contributed by atoms with Crippen molar-refractivity contribution in [1.29, 1.82) is 0 Å². The fourth-order valence-corrected chi connectivity index (χ4v) is 9.47. The summed E-state index contributed by atoms with van der Waals surface area (Å²) < 4.78 is 9.30. The molecule has 0 aliphatic rings. The van der Waals surface area contributed by atoms with Gasteiger partial charge >= 0.3 is 0 Å². The number of fused-ring (bicyclic) bond motifs is 10. The van der Waals surface area contributed by atoms with Crippen LogP contribution >= 0.6 is 11.3 Å². The highest BCUT2D eigenvalue weighted by Gasteiger charge is 2.20. The molecule has 248 valence electrons. The van der Waals surface area contributed by atoms with Crippen molar-refractivity contribution >= 4 is 92.1 Å². The number of anilines is 3. The minimum Gasteiger partial charge on any atom is -0.455 e. The maximum absolute atomic E-state index is 6.68. The van der Waals surface area contributed by atoms with Crippen LogP contribution in [0.15, 0.2) is 192 Å². The van der Waals surface area contributed by atoms with Crippen LogP contribution in [0.5, 0.6) is 0 Å². The molecule has 11 rings (SSSR count). The molecule has 0 atom stereocenters. The van der Waals surface area contributed by atoms with Crippen LogP contribution in [0.1, 0.15) is 0 Å². The van der Waals surface area contributed by atoms with Gasteiger partial charge in [-0.3, -0.25) is 0 Å². The summed E-state index contributed by atoms with van der Waals surface area (Å²) in [6, 6.07) is 67.7. The van der Waals surface area contributed by atoms with Gasteiger partial charge in [-0.25, -0.2) is 0 Å². The third kappa shape index (κ3) is 4.78. The minimum atomic E-state index is 0.895. The predicted octanol–water partition coefficient (Wildman–Crippen LogP) is 15.1. The van der Waals surface area contributed by atoms with Gasteiger partial charge in [0.2, 0.25) is 0 Å². The Morgan fingerprint density at radius 3 is 1.85 bits per heavy atom. The van der Waals surface area contributed by atoms with Crippen molar-refractivity contribution in [2.45, 2.75) is 0 Å². The smallest absolute Gasteiger partial charge is 0.143 e. The summed E-state index contributed by atoms with van der Waals surface area (Å²) in [7, 11) is 0. The number of furan rings is 1. The standard InChI is InChI=1S/C50H31NOS/c1-3-12-33(13-4-1)44-31-45-40-28-25-35(30-47(40)52-48(45)41-19-10-9-18-39(41)44)32-22-26-37(27-23-32)51(36-15-5-2-6-16-36)46-21-11-20-42-43-29-24-34-14-7-8-17-38(34)49(43)53-50(42)46/h1-31H. The van der Waals surface area contributed by atoms with Gasteiger partial charge in [-0.05, 0) is 86.9 Å². The second-order valence-corrected chi connectivity index (χ2v) is 14.7. The zero-order valence-corrected chi connectivity index (χ0v) is 29.5. The summed E-state index contributed by atoms with van der Waals surface area (Å²) in [5.74, 6) is 0. The normalized spacial score (nSPS) is 11.8. The first-order valence-corrected chi connectivity index (χ1v) is 18.8. The van der Waals surface area contributed by atoms with Crippen molar-refractivity contribution < 1.29 is 4.42 Å². The number of para-hydroxylation sites is 1. The molecule has 53 heavy (non-hydrogen) atoms. The molecule has 0 bridgehead atoms. The Labute approximate surface area is 310 Å². The molecule has 9 aromatic carbocycles. The van der Waals surface area contributed by atoms with Crippen molar-refractivity contribution in [2.24, 2.45) is 0 Å². The molecule has 3 heteroatoms. The van der Waals surface area contributed by atoms with Gasteiger partial charge < -0.3 is 9.32 Å². The summed E-state index contributed by atoms with van der Waals surface area (Å²) in [6.07, 6.45) is 0. The van der Waals surface area contributed by atoms with Crippen molar-refractivity contribution in [1.82, 2.24) is 0 Å². The maximum atomic E-state index is 6.68. The molecule has 2 heterocycles. The number of thiophene rings is 1. The fourth-order valence-electron chi connectivity index (χ4n) is 8.13. The molecule has 0 N–H and O–H groups in total. The van der Waals surface area contributed by atoms with E-state index in [1.807, 2.05) is 11.3 Å². The van der Waals surface area contributed by atoms with E-state index in [0.29, 0.717) is 0 Å². The first kappa shape index (κ1) is 30.0. The number of nitrogens with zero attached hydrogens (tertiary/aromatic N) is 1. The highest BCUT2D eigenvalue weighted by Crippen LogP contribution is 2.47. The van der Waals surface area contributed by atoms with E-state index in [1.165, 1.54) is 53.1 Å². The first-order chi connectivity index (χ1) is 26.3. The van der Waals surface area contributed by atoms with E-state index in [-0.39, 0.29) is 0 Å². The van der Waals surface area contributed by atoms with Gasteiger partial charge in [0.25, 0.3) is 0 Å². The SMILES string of the molecule is c1ccc(-c2cc3c4ccc(-c5ccc(N(c6ccccc6)c6cccc7c6sc6c8ccccc8ccc76)cc5)cc4oc3c3ccccc23)cc1. The summed E-state index contributed by atoms with van der Waals surface area (Å²) >= 11 is 1.89. The molecule has 2 aromatic heterocycles. The number of rotatable bonds is 5. The lowest BCUT2D eigenvalue weighted by molar-refractivity contribution is 0.673. The fraction of sp³-hybridized carbons (Fsp3) is 0. The summed E-state index contributed by atoms with van der Waals surface area (Å²) in [5, 5.41) is 9.77. The van der Waals surface area contributed by atoms with Crippen molar-refractivity contribution in [3.05, 3.63) is 188 Å². The Morgan fingerprint density at radius 2 is 1.02 bits per heavy atom. The Hall–Kier alpha value is -6.68. The average molecular weight is 694 g/mol. The molecule has 11 aromatic rings. The third-order valence-electron chi connectivity index (χ3n) is 10.6. The van der Waals surface area contributed by atoms with Gasteiger partial charge in [0, 0.05) is 43.0 Å². The minimum absolute atomic E-state index is 0.895. The van der Waals surface area contributed by atoms with Gasteiger partial charge in [-0.15, -0.1) is 11.3 Å². The van der Waals surface area contributed by atoms with Crippen LogP contribution in [-0.4, -0.2) is 0 Å². The van der Waals surface area contributed by atoms with Crippen LogP contribution in [0, 0.1) is 0 Å². The lowest BCUT2D eigenvalue weighted by atomic mass is 9.95. The van der Waals surface area contributed by atoms with E-state index in [1.54, 1.807) is 0 Å². The summed E-state index contributed by atoms with van der Waals surface area (Å²) in [4.78, 5) is 2.39. The first-order valence-electron chi connectivity index (χ1n) is 18.0. The van der Waals surface area contributed by atoms with E-state index in [9.17, 15) is 0 Å². The van der Waals surface area contributed by atoms with Gasteiger partial charge in [0.05, 0.1) is 10.4 Å². The van der Waals surface area contributed by atoms with Gasteiger partial charge in [-0.1, -0.05) is 140 Å². The van der Waals surface area contributed by atoms with Crippen LogP contribution in [0.25, 0.3) is 85.9 Å². The van der Waals surface area contributed by atoms with E-state index in [4.69, 9.17) is 4.42 Å². The molecule has 0 aliphatic heterocycles. The summed E-state index contributed by atoms with van der Waals surface area (Å²) in [6.45, 7) is 0. The zero-order chi connectivity index (χ0) is 34.9. The molecule has 0 fully saturated rings. The van der Waals surface area contributed by atoms with Crippen molar-refractivity contribution in [2.75, 3.05) is 4.90 Å². The molecule has 0 unspecified atom stereocenters. The van der Waals surface area contributed by atoms with Crippen LogP contribution in [0.4, 0.5) is 17.1 Å². The molecule has 0 radical (unpaired) electrons. The molecule has 0 spiro atoms. The second-order valence-electron chi connectivity index (χ2n) is 13.7. The molecular weight excluding hydrogens is 663 g/mol. The third-order valence-corrected chi connectivity index (χ3v) is 11.9. The van der Waals surface area contributed by atoms with Gasteiger partial charge in [-0.2, -0.15) is 0 Å². The quantitative estimate of drug-likeness (QED) is 0.178. The van der Waals surface area contributed by atoms with E-state index in [0.717, 1.165) is 49.8 Å². The molecule has 0 aliphatic carbocycles. The van der Waals surface area contributed by atoms with Gasteiger partial charge in [0.15, 0.2) is 0 Å². The highest BCUT2D eigenvalue weighted by molar-refractivity contribution is 7.27. The van der Waals surface area contributed by atoms with E-state index < -0.39 is 0 Å². The molecule has 0 amide bonds. The lowest BCUT2D eigenvalue weighted by Gasteiger charge is -2.26. The van der Waals surface area contributed by atoms with Crippen LogP contribution in [0.3, 0.4) is 0 Å². The Bertz CT molecular complexity index is 3160. The van der Waals surface area contributed by atoms with E-state index in [2.05, 4.69) is 193 Å². The Morgan fingerprint density at radius 1 is 0.377 bits per heavy atom. The van der Waals surface area contributed by atoms with Crippen LogP contribution < -0.4 is 4.90 Å². The number of hydrogen-bond donors (Lipinski definition) is 0. The molecule has 0 saturated heterocycles. The Kier molecular flexibility index (Phi) is 6.76. The molecular formula is C50H31NOS. The lowest BCUT2D eigenvalue weighted by Crippen LogP contribution is -2.09. The second kappa shape index (κ2) is 11.9. The number of benzene rings is 9. The van der Waals surface area contributed by atoms with E-state index >= 15 is 0 Å². The van der Waals surface area contributed by atoms with Crippen LogP contribution in [0.2, 0.25) is 0 Å². The largest absolute Gasteiger partial charge is 0.455 e. The van der Waals surface area contributed by atoms with Crippen molar-refractivity contribution in [3.8, 4) is 22.3 Å². The zero-order valence-electron chi connectivity index (χ0n) is 28.7.